The van der Waals surface area contributed by atoms with Gasteiger partial charge < -0.3 is 52.1 Å². The molecule has 0 amide bonds. The zero-order valence-corrected chi connectivity index (χ0v) is 21.0. The van der Waals surface area contributed by atoms with Crippen LogP contribution in [0.4, 0.5) is 0 Å². The average molecular weight is 485 g/mol. The second-order valence-electron chi connectivity index (χ2n) is 7.31. The fourth-order valence-corrected chi connectivity index (χ4v) is 3.99. The van der Waals surface area contributed by atoms with Gasteiger partial charge in [-0.2, -0.15) is 0 Å². The molecule has 0 spiro atoms. The highest BCUT2D eigenvalue weighted by atomic mass is 16.7. The Bertz CT molecular complexity index is 535. The highest BCUT2D eigenvalue weighted by Crippen LogP contribution is 2.31. The Hall–Kier alpha value is -0.930. The molecule has 1 aliphatic rings. The Labute approximate surface area is 195 Å². The van der Waals surface area contributed by atoms with Gasteiger partial charge in [-0.3, -0.25) is 0 Å². The molecule has 1 aliphatic heterocycles. The molecule has 0 aliphatic carbocycles. The summed E-state index contributed by atoms with van der Waals surface area (Å²) in [5.74, 6) is -0.635. The highest BCUT2D eigenvalue weighted by Gasteiger charge is 2.51. The van der Waals surface area contributed by atoms with Crippen LogP contribution in [-0.4, -0.2) is 138 Å². The molecule has 0 aromatic rings. The van der Waals surface area contributed by atoms with E-state index in [0.29, 0.717) is 0 Å². The Morgan fingerprint density at radius 2 is 1.39 bits per heavy atom. The lowest BCUT2D eigenvalue weighted by molar-refractivity contribution is -0.337. The van der Waals surface area contributed by atoms with Gasteiger partial charge >= 0.3 is 5.97 Å². The van der Waals surface area contributed by atoms with E-state index >= 15 is 0 Å². The molecule has 0 aromatic heterocycles. The molecular formula is C21H40O12. The van der Waals surface area contributed by atoms with E-state index in [-0.39, 0.29) is 13.2 Å². The van der Waals surface area contributed by atoms with Crippen LogP contribution >= 0.6 is 0 Å². The predicted octanol–water partition coefficient (Wildman–Crippen LogP) is -0.348. The number of methoxy groups -OCH3 is 9. The van der Waals surface area contributed by atoms with Crippen molar-refractivity contribution in [3.05, 3.63) is 0 Å². The van der Waals surface area contributed by atoms with Crippen LogP contribution in [-0.2, 0) is 56.9 Å². The quantitative estimate of drug-likeness (QED) is 0.267. The van der Waals surface area contributed by atoms with Crippen molar-refractivity contribution in [2.75, 3.05) is 77.2 Å². The molecule has 9 atom stereocenters. The van der Waals surface area contributed by atoms with E-state index in [1.54, 1.807) is 21.3 Å². The van der Waals surface area contributed by atoms with Gasteiger partial charge in [-0.1, -0.05) is 0 Å². The first kappa shape index (κ1) is 30.1. The van der Waals surface area contributed by atoms with Crippen LogP contribution in [0.1, 0.15) is 0 Å². The molecule has 0 radical (unpaired) electrons. The normalized spacial score (nSPS) is 29.3. The first-order chi connectivity index (χ1) is 15.9. The van der Waals surface area contributed by atoms with E-state index in [0.717, 1.165) is 0 Å². The SMILES string of the molecule is COCC(OC)C(O[C@@H]1O[C@H](COC)[C@@H](OC)[C@H](OC)[C@H]1OC)C(OC)C(OC)C(=O)OC. The van der Waals surface area contributed by atoms with E-state index in [4.69, 9.17) is 52.1 Å². The predicted molar refractivity (Wildman–Crippen MR) is 114 cm³/mol. The Morgan fingerprint density at radius 1 is 0.758 bits per heavy atom. The molecule has 1 heterocycles. The van der Waals surface area contributed by atoms with E-state index in [1.807, 2.05) is 0 Å². The van der Waals surface area contributed by atoms with Crippen LogP contribution in [0.3, 0.4) is 0 Å². The molecule has 1 fully saturated rings. The summed E-state index contributed by atoms with van der Waals surface area (Å²) < 4.78 is 61.6. The lowest BCUT2D eigenvalue weighted by atomic mass is 9.97. The summed E-state index contributed by atoms with van der Waals surface area (Å²) >= 11 is 0. The fraction of sp³-hybridized carbons (Fsp3) is 0.952. The third kappa shape index (κ3) is 7.52. The van der Waals surface area contributed by atoms with Gasteiger partial charge in [0, 0.05) is 56.9 Å². The summed E-state index contributed by atoms with van der Waals surface area (Å²) in [6.07, 6.45) is -6.79. The Kier molecular flexibility index (Phi) is 14.5. The third-order valence-corrected chi connectivity index (χ3v) is 5.61. The van der Waals surface area contributed by atoms with Gasteiger partial charge in [-0.15, -0.1) is 0 Å². The first-order valence-electron chi connectivity index (χ1n) is 10.5. The zero-order chi connectivity index (χ0) is 25.0. The molecular weight excluding hydrogens is 444 g/mol. The third-order valence-electron chi connectivity index (χ3n) is 5.61. The van der Waals surface area contributed by atoms with Crippen molar-refractivity contribution in [2.24, 2.45) is 0 Å². The van der Waals surface area contributed by atoms with Crippen LogP contribution in [0.15, 0.2) is 0 Å². The summed E-state index contributed by atoms with van der Waals surface area (Å²) in [7, 11) is 13.2. The van der Waals surface area contributed by atoms with Gasteiger partial charge in [-0.25, -0.2) is 4.79 Å². The van der Waals surface area contributed by atoms with Gasteiger partial charge in [0.1, 0.15) is 42.7 Å². The van der Waals surface area contributed by atoms with E-state index in [1.165, 1.54) is 42.7 Å². The Balaban J connectivity index is 3.38. The van der Waals surface area contributed by atoms with Gasteiger partial charge in [0.25, 0.3) is 0 Å². The molecule has 1 saturated heterocycles. The minimum atomic E-state index is -1.11. The molecule has 4 unspecified atom stereocenters. The molecule has 12 heteroatoms. The zero-order valence-electron chi connectivity index (χ0n) is 21.0. The van der Waals surface area contributed by atoms with Crippen molar-refractivity contribution in [3.63, 3.8) is 0 Å². The molecule has 0 aromatic carbocycles. The van der Waals surface area contributed by atoms with Crippen LogP contribution in [0.5, 0.6) is 0 Å². The maximum absolute atomic E-state index is 12.4. The largest absolute Gasteiger partial charge is 0.467 e. The van der Waals surface area contributed by atoms with E-state index < -0.39 is 61.1 Å². The number of rotatable bonds is 16. The number of ether oxygens (including phenoxy) is 11. The van der Waals surface area contributed by atoms with Crippen molar-refractivity contribution in [1.82, 2.24) is 0 Å². The van der Waals surface area contributed by atoms with Gasteiger partial charge in [-0.05, 0) is 0 Å². The summed E-state index contributed by atoms with van der Waals surface area (Å²) in [5.41, 5.74) is 0. The van der Waals surface area contributed by atoms with Crippen LogP contribution < -0.4 is 0 Å². The minimum absolute atomic E-state index is 0.138. The second-order valence-corrected chi connectivity index (χ2v) is 7.31. The minimum Gasteiger partial charge on any atom is -0.467 e. The fourth-order valence-electron chi connectivity index (χ4n) is 3.99. The summed E-state index contributed by atoms with van der Waals surface area (Å²) in [5, 5.41) is 0. The van der Waals surface area contributed by atoms with Crippen LogP contribution in [0, 0.1) is 0 Å². The maximum Gasteiger partial charge on any atom is 0.337 e. The van der Waals surface area contributed by atoms with Crippen LogP contribution in [0.2, 0.25) is 0 Å². The first-order valence-corrected chi connectivity index (χ1v) is 10.5. The van der Waals surface area contributed by atoms with Gasteiger partial charge in [0.2, 0.25) is 0 Å². The topological polar surface area (TPSA) is 119 Å². The smallest absolute Gasteiger partial charge is 0.337 e. The lowest BCUT2D eigenvalue weighted by Crippen LogP contribution is -2.63. The molecule has 0 N–H and O–H groups in total. The van der Waals surface area contributed by atoms with Crippen LogP contribution in [0.25, 0.3) is 0 Å². The van der Waals surface area contributed by atoms with E-state index in [9.17, 15) is 4.79 Å². The summed E-state index contributed by atoms with van der Waals surface area (Å²) in [6.45, 7) is 0.362. The van der Waals surface area contributed by atoms with Gasteiger partial charge in [0.05, 0.1) is 20.3 Å². The Morgan fingerprint density at radius 3 is 1.82 bits per heavy atom. The molecule has 196 valence electrons. The van der Waals surface area contributed by atoms with Crippen molar-refractivity contribution < 1.29 is 56.9 Å². The van der Waals surface area contributed by atoms with Crippen molar-refractivity contribution >= 4 is 5.97 Å². The average Bonchev–Trinajstić information content (AvgIpc) is 2.83. The number of esters is 1. The molecule has 12 nitrogen and oxygen atoms in total. The highest BCUT2D eigenvalue weighted by molar-refractivity contribution is 5.75. The van der Waals surface area contributed by atoms with E-state index in [2.05, 4.69) is 0 Å². The summed E-state index contributed by atoms with van der Waals surface area (Å²) in [6, 6.07) is 0. The molecule has 0 saturated carbocycles. The lowest BCUT2D eigenvalue weighted by Gasteiger charge is -2.46. The molecule has 33 heavy (non-hydrogen) atoms. The maximum atomic E-state index is 12.4. The number of carbonyl (C=O) groups is 1. The molecule has 0 bridgehead atoms. The molecule has 1 rings (SSSR count). The standard InChI is InChI=1S/C21H40O12/c1-23-10-12(25-3)15(17(28-6)18(29-7)20(22)31-9)33-21-19(30-8)16(27-5)14(26-4)13(32-21)11-24-2/h12-19,21H,10-11H2,1-9H3/t12?,13-,14-,15?,16+,17?,18?,19-,21+/m1/s1. The van der Waals surface area contributed by atoms with Gasteiger partial charge in [0.15, 0.2) is 12.4 Å². The number of hydrogen-bond donors (Lipinski definition) is 0. The second kappa shape index (κ2) is 15.9. The van der Waals surface area contributed by atoms with Crippen molar-refractivity contribution in [1.29, 1.82) is 0 Å². The van der Waals surface area contributed by atoms with Crippen molar-refractivity contribution in [2.45, 2.75) is 55.1 Å². The summed E-state index contributed by atoms with van der Waals surface area (Å²) in [4.78, 5) is 12.4. The monoisotopic (exact) mass is 484 g/mol. The number of carbonyl (C=O) groups excluding carboxylic acids is 1. The van der Waals surface area contributed by atoms with Crippen molar-refractivity contribution in [3.8, 4) is 0 Å². The number of hydrogen-bond acceptors (Lipinski definition) is 12.